The summed E-state index contributed by atoms with van der Waals surface area (Å²) in [4.78, 5) is 25.7. The van der Waals surface area contributed by atoms with Gasteiger partial charge in [-0.15, -0.1) is 0 Å². The third-order valence-electron chi connectivity index (χ3n) is 5.00. The van der Waals surface area contributed by atoms with Crippen LogP contribution in [0, 0.1) is 0 Å². The fraction of sp³-hybridized carbons (Fsp3) is 0.364. The molecular formula is C22H22ClF2NO3. The smallest absolute Gasteiger partial charge is 0.270 e. The van der Waals surface area contributed by atoms with E-state index in [4.69, 9.17) is 16.3 Å². The third-order valence-corrected chi connectivity index (χ3v) is 5.30. The first kappa shape index (κ1) is 21.2. The second-order valence-corrected chi connectivity index (χ2v) is 7.68. The molecule has 4 nitrogen and oxygen atoms in total. The quantitative estimate of drug-likeness (QED) is 0.612. The Morgan fingerprint density at radius 1 is 1.07 bits per heavy atom. The molecule has 1 aliphatic rings. The predicted molar refractivity (Wildman–Crippen MR) is 107 cm³/mol. The fourth-order valence-electron chi connectivity index (χ4n) is 3.26. The average molecular weight is 422 g/mol. The summed E-state index contributed by atoms with van der Waals surface area (Å²) in [6, 6.07) is 10.4. The van der Waals surface area contributed by atoms with Crippen molar-refractivity contribution < 1.29 is 23.1 Å². The molecule has 3 rings (SSSR count). The Morgan fingerprint density at radius 2 is 1.66 bits per heavy atom. The van der Waals surface area contributed by atoms with Crippen LogP contribution in [0.4, 0.5) is 8.78 Å². The minimum absolute atomic E-state index is 0.0686. The number of nitrogens with zero attached hydrogens (tertiary/aromatic N) is 1. The van der Waals surface area contributed by atoms with Gasteiger partial charge in [-0.2, -0.15) is 0 Å². The molecule has 0 atom stereocenters. The van der Waals surface area contributed by atoms with Crippen molar-refractivity contribution in [3.8, 4) is 5.75 Å². The average Bonchev–Trinajstić information content (AvgIpc) is 2.69. The summed E-state index contributed by atoms with van der Waals surface area (Å²) < 4.78 is 32.6. The molecule has 29 heavy (non-hydrogen) atoms. The van der Waals surface area contributed by atoms with Gasteiger partial charge in [0, 0.05) is 49.5 Å². The Hall–Kier alpha value is -2.47. The lowest BCUT2D eigenvalue weighted by Crippen LogP contribution is -2.41. The number of benzene rings is 2. The second kappa shape index (κ2) is 8.49. The maximum Gasteiger partial charge on any atom is 0.270 e. The van der Waals surface area contributed by atoms with E-state index in [1.807, 2.05) is 0 Å². The number of halogens is 3. The number of Topliss-reactive ketones (excluding diaryl/α,β-unsaturated/α-hetero) is 1. The minimum Gasteiger partial charge on any atom is -0.489 e. The number of carbonyl (C=O) groups excluding carboxylic acids is 2. The number of ketones is 1. The first-order valence-corrected chi connectivity index (χ1v) is 9.77. The highest BCUT2D eigenvalue weighted by Gasteiger charge is 2.27. The van der Waals surface area contributed by atoms with Crippen molar-refractivity contribution in [2.75, 3.05) is 13.1 Å². The molecule has 1 heterocycles. The number of rotatable bonds is 5. The van der Waals surface area contributed by atoms with Crippen molar-refractivity contribution in [3.63, 3.8) is 0 Å². The molecule has 7 heteroatoms. The molecule has 0 unspecified atom stereocenters. The van der Waals surface area contributed by atoms with Crippen molar-refractivity contribution in [2.24, 2.45) is 0 Å². The molecule has 0 N–H and O–H groups in total. The number of hydrogen-bond acceptors (Lipinski definition) is 3. The number of ether oxygens (including phenoxy) is 1. The van der Waals surface area contributed by atoms with E-state index < -0.39 is 5.92 Å². The van der Waals surface area contributed by atoms with Gasteiger partial charge in [0.25, 0.3) is 11.8 Å². The van der Waals surface area contributed by atoms with Crippen LogP contribution in [-0.4, -0.2) is 35.8 Å². The van der Waals surface area contributed by atoms with Crippen molar-refractivity contribution in [3.05, 3.63) is 64.2 Å². The monoisotopic (exact) mass is 421 g/mol. The maximum atomic E-state index is 13.3. The Morgan fingerprint density at radius 3 is 2.17 bits per heavy atom. The van der Waals surface area contributed by atoms with Crippen LogP contribution in [-0.2, 0) is 5.92 Å². The van der Waals surface area contributed by atoms with E-state index in [1.165, 1.54) is 31.2 Å². The molecule has 0 bridgehead atoms. The fourth-order valence-corrected chi connectivity index (χ4v) is 3.48. The van der Waals surface area contributed by atoms with Gasteiger partial charge in [0.05, 0.1) is 5.02 Å². The number of piperidine rings is 1. The molecule has 1 saturated heterocycles. The summed E-state index contributed by atoms with van der Waals surface area (Å²) in [6.07, 6.45) is 1.16. The van der Waals surface area contributed by atoms with Gasteiger partial charge < -0.3 is 9.64 Å². The number of alkyl halides is 2. The molecule has 0 spiro atoms. The SMILES string of the molecule is CC(=O)c1ccc(OC2CCN(C(=O)c3ccc(C(C)(F)F)cc3)CC2)c(Cl)c1. The molecular weight excluding hydrogens is 400 g/mol. The summed E-state index contributed by atoms with van der Waals surface area (Å²) >= 11 is 6.20. The molecule has 0 radical (unpaired) electrons. The van der Waals surface area contributed by atoms with Gasteiger partial charge in [-0.05, 0) is 37.3 Å². The highest BCUT2D eigenvalue weighted by atomic mass is 35.5. The van der Waals surface area contributed by atoms with Gasteiger partial charge in [-0.1, -0.05) is 23.7 Å². The topological polar surface area (TPSA) is 46.6 Å². The first-order valence-electron chi connectivity index (χ1n) is 9.40. The normalized spacial score (nSPS) is 15.3. The van der Waals surface area contributed by atoms with Crippen LogP contribution in [0.3, 0.4) is 0 Å². The summed E-state index contributed by atoms with van der Waals surface area (Å²) in [5.41, 5.74) is 0.795. The van der Waals surface area contributed by atoms with Crippen molar-refractivity contribution >= 4 is 23.3 Å². The van der Waals surface area contributed by atoms with Gasteiger partial charge in [-0.3, -0.25) is 9.59 Å². The van der Waals surface area contributed by atoms with E-state index in [0.717, 1.165) is 6.92 Å². The van der Waals surface area contributed by atoms with Crippen LogP contribution < -0.4 is 4.74 Å². The van der Waals surface area contributed by atoms with Crippen LogP contribution in [0.2, 0.25) is 5.02 Å². The lowest BCUT2D eigenvalue weighted by molar-refractivity contribution is 0.0174. The van der Waals surface area contributed by atoms with Gasteiger partial charge in [-0.25, -0.2) is 8.78 Å². The molecule has 1 aliphatic heterocycles. The lowest BCUT2D eigenvalue weighted by Gasteiger charge is -2.32. The van der Waals surface area contributed by atoms with Crippen LogP contribution in [0.1, 0.15) is 53.0 Å². The molecule has 0 saturated carbocycles. The Bertz CT molecular complexity index is 901. The lowest BCUT2D eigenvalue weighted by atomic mass is 10.0. The van der Waals surface area contributed by atoms with Crippen molar-refractivity contribution in [2.45, 2.75) is 38.7 Å². The van der Waals surface area contributed by atoms with Crippen molar-refractivity contribution in [1.29, 1.82) is 0 Å². The standard InChI is InChI=1S/C22H22ClF2NO3/c1-14(27)16-5-8-20(19(23)13-16)29-18-9-11-26(12-10-18)21(28)15-3-6-17(7-4-15)22(2,24)25/h3-8,13,18H,9-12H2,1-2H3. The van der Waals surface area contributed by atoms with E-state index in [9.17, 15) is 18.4 Å². The van der Waals surface area contributed by atoms with Crippen LogP contribution in [0.15, 0.2) is 42.5 Å². The summed E-state index contributed by atoms with van der Waals surface area (Å²) in [6.45, 7) is 3.30. The Balaban J connectivity index is 1.57. The van der Waals surface area contributed by atoms with Crippen molar-refractivity contribution in [1.82, 2.24) is 4.90 Å². The molecule has 1 amide bonds. The largest absolute Gasteiger partial charge is 0.489 e. The summed E-state index contributed by atoms with van der Waals surface area (Å²) in [5.74, 6) is -2.67. The zero-order valence-electron chi connectivity index (χ0n) is 16.3. The Kier molecular flexibility index (Phi) is 6.22. The number of hydrogen-bond donors (Lipinski definition) is 0. The number of carbonyl (C=O) groups is 2. The molecule has 154 valence electrons. The zero-order valence-corrected chi connectivity index (χ0v) is 17.0. The number of amides is 1. The molecule has 2 aromatic rings. The maximum absolute atomic E-state index is 13.3. The van der Waals surface area contributed by atoms with Gasteiger partial charge in [0.1, 0.15) is 11.9 Å². The molecule has 0 aromatic heterocycles. The molecule has 0 aliphatic carbocycles. The highest BCUT2D eigenvalue weighted by molar-refractivity contribution is 6.32. The van der Waals surface area contributed by atoms with E-state index >= 15 is 0 Å². The van der Waals surface area contributed by atoms with E-state index in [-0.39, 0.29) is 23.4 Å². The molecule has 2 aromatic carbocycles. The van der Waals surface area contributed by atoms with Gasteiger partial charge in [0.15, 0.2) is 5.78 Å². The first-order chi connectivity index (χ1) is 13.6. The van der Waals surface area contributed by atoms with E-state index in [0.29, 0.717) is 47.8 Å². The summed E-state index contributed by atoms with van der Waals surface area (Å²) in [5, 5.41) is 0.379. The predicted octanol–water partition coefficient (Wildman–Crippen LogP) is 5.34. The van der Waals surface area contributed by atoms with E-state index in [1.54, 1.807) is 23.1 Å². The highest BCUT2D eigenvalue weighted by Crippen LogP contribution is 2.29. The van der Waals surface area contributed by atoms with Crippen LogP contribution >= 0.6 is 11.6 Å². The summed E-state index contributed by atoms with van der Waals surface area (Å²) in [7, 11) is 0. The van der Waals surface area contributed by atoms with Crippen LogP contribution in [0.25, 0.3) is 0 Å². The van der Waals surface area contributed by atoms with E-state index in [2.05, 4.69) is 0 Å². The van der Waals surface area contributed by atoms with Crippen LogP contribution in [0.5, 0.6) is 5.75 Å². The third kappa shape index (κ3) is 5.12. The molecule has 1 fully saturated rings. The zero-order chi connectivity index (χ0) is 21.2. The Labute approximate surface area is 173 Å². The van der Waals surface area contributed by atoms with Gasteiger partial charge in [0.2, 0.25) is 0 Å². The minimum atomic E-state index is -2.93. The second-order valence-electron chi connectivity index (χ2n) is 7.28. The van der Waals surface area contributed by atoms with Gasteiger partial charge >= 0.3 is 0 Å². The number of likely N-dealkylation sites (tertiary alicyclic amines) is 1.